The maximum Gasteiger partial charge on any atom is 0.245 e. The van der Waals surface area contributed by atoms with E-state index in [-0.39, 0.29) is 39.2 Å². The fourth-order valence-corrected chi connectivity index (χ4v) is 3.90. The Morgan fingerprint density at radius 1 is 1.24 bits per heavy atom. The predicted molar refractivity (Wildman–Crippen MR) is 105 cm³/mol. The van der Waals surface area contributed by atoms with E-state index >= 15 is 0 Å². The Hall–Kier alpha value is -3.48. The molecule has 4 heterocycles. The number of fused-ring (bicyclic) bond motifs is 5. The van der Waals surface area contributed by atoms with Gasteiger partial charge in [0.25, 0.3) is 0 Å². The molecule has 0 aliphatic carbocycles. The van der Waals surface area contributed by atoms with Crippen molar-refractivity contribution < 1.29 is 31.4 Å². The first-order valence-corrected chi connectivity index (χ1v) is 8.84. The third-order valence-corrected chi connectivity index (χ3v) is 5.23. The molecule has 0 radical (unpaired) electrons. The number of likely N-dealkylation sites (N-methyl/N-ethyl adjacent to an activating group) is 1. The summed E-state index contributed by atoms with van der Waals surface area (Å²) in [7, 11) is 1.33. The largest absolute Gasteiger partial charge is 0.454 e. The van der Waals surface area contributed by atoms with Gasteiger partial charge in [-0.1, -0.05) is 24.2 Å². The number of rotatable bonds is 1. The lowest BCUT2D eigenvalue weighted by atomic mass is 9.86. The van der Waals surface area contributed by atoms with E-state index in [2.05, 4.69) is 4.98 Å². The quantitative estimate of drug-likeness (QED) is 0.682. The number of nitrogens with zero attached hydrogens (tertiary/aromatic N) is 2. The normalized spacial score (nSPS) is 33.3. The molecule has 3 aromatic rings. The van der Waals surface area contributed by atoms with Crippen molar-refractivity contribution in [3.8, 4) is 11.5 Å². The van der Waals surface area contributed by atoms with Crippen molar-refractivity contribution in [3.63, 3.8) is 0 Å². The first-order chi connectivity index (χ1) is 17.6. The number of ether oxygens (including phenoxy) is 2. The van der Waals surface area contributed by atoms with Crippen LogP contribution in [0.25, 0.3) is 10.9 Å². The van der Waals surface area contributed by atoms with Crippen molar-refractivity contribution in [1.29, 1.82) is 0 Å². The van der Waals surface area contributed by atoms with E-state index in [4.69, 9.17) is 20.4 Å². The molecule has 1 aromatic heterocycles. The van der Waals surface area contributed by atoms with Crippen LogP contribution in [0.15, 0.2) is 42.4 Å². The van der Waals surface area contributed by atoms with Crippen molar-refractivity contribution in [1.82, 2.24) is 14.8 Å². The number of para-hydroxylation sites is 1. The Labute approximate surface area is 179 Å². The van der Waals surface area contributed by atoms with Gasteiger partial charge in [-0.15, -0.1) is 0 Å². The summed E-state index contributed by atoms with van der Waals surface area (Å²) in [5.74, 6) is -1.58. The Balaban J connectivity index is 1.74. The average Bonchev–Trinajstić information content (AvgIpc) is 3.39. The number of carbonyl (C=O) groups is 2. The van der Waals surface area contributed by atoms with Crippen molar-refractivity contribution in [2.75, 3.05) is 20.3 Å². The van der Waals surface area contributed by atoms with Gasteiger partial charge in [0, 0.05) is 32.8 Å². The van der Waals surface area contributed by atoms with Crippen LogP contribution >= 0.6 is 0 Å². The molecule has 3 aliphatic rings. The highest BCUT2D eigenvalue weighted by atomic mass is 16.7. The Bertz CT molecular complexity index is 1610. The number of amides is 2. The molecule has 0 saturated carbocycles. The number of aromatic nitrogens is 1. The number of aromatic amines is 1. The topological polar surface area (TPSA) is 74.9 Å². The van der Waals surface area contributed by atoms with E-state index in [1.54, 1.807) is 0 Å². The smallest absolute Gasteiger partial charge is 0.245 e. The second-order valence-corrected chi connectivity index (χ2v) is 6.93. The Kier molecular flexibility index (Phi) is 1.95. The molecule has 0 spiro atoms. The van der Waals surface area contributed by atoms with Crippen LogP contribution in [0.2, 0.25) is 0 Å². The minimum atomic E-state index is -2.66. The molecular formula is C22H19N3O4. The van der Waals surface area contributed by atoms with Gasteiger partial charge in [0.1, 0.15) is 8.78 Å². The van der Waals surface area contributed by atoms with Crippen LogP contribution in [0.5, 0.6) is 11.5 Å². The molecule has 29 heavy (non-hydrogen) atoms. The SMILES string of the molecule is [2H]c1c([2H])c([2H])c2c3c([nH]c2c1[2H])[C@@]([2H])(c1ccc2c(c1)OC([2H])([2H])O2)N1C(=O)CN(C)C(=O)[C@H]1C3([2H])[2H]. The third kappa shape index (κ3) is 2.24. The zero-order chi connectivity index (χ0) is 27.7. The lowest BCUT2D eigenvalue weighted by Gasteiger charge is -2.46. The summed E-state index contributed by atoms with van der Waals surface area (Å²) in [6.45, 7) is -2.92. The molecule has 7 heteroatoms. The Morgan fingerprint density at radius 3 is 2.97 bits per heavy atom. The van der Waals surface area contributed by atoms with Crippen LogP contribution in [0.4, 0.5) is 0 Å². The van der Waals surface area contributed by atoms with Gasteiger partial charge >= 0.3 is 0 Å². The van der Waals surface area contributed by atoms with E-state index in [0.717, 1.165) is 9.80 Å². The maximum atomic E-state index is 13.4. The van der Waals surface area contributed by atoms with Gasteiger partial charge in [0.15, 0.2) is 11.5 Å². The highest BCUT2D eigenvalue weighted by Gasteiger charge is 2.47. The van der Waals surface area contributed by atoms with E-state index in [1.165, 1.54) is 25.2 Å². The zero-order valence-corrected chi connectivity index (χ0v) is 15.0. The molecule has 1 N–H and O–H groups in total. The van der Waals surface area contributed by atoms with Crippen molar-refractivity contribution >= 4 is 22.7 Å². The summed E-state index contributed by atoms with van der Waals surface area (Å²) in [6, 6.07) is -2.49. The highest BCUT2D eigenvalue weighted by molar-refractivity contribution is 5.97. The van der Waals surface area contributed by atoms with Gasteiger partial charge in [0.05, 0.1) is 19.4 Å². The molecule has 0 unspecified atom stereocenters. The first-order valence-electron chi connectivity index (χ1n) is 13.3. The summed E-state index contributed by atoms with van der Waals surface area (Å²) in [5.41, 5.74) is -0.771. The van der Waals surface area contributed by atoms with Crippen molar-refractivity contribution in [3.05, 3.63) is 59.2 Å². The monoisotopic (exact) mass is 398 g/mol. The molecule has 6 rings (SSSR count). The summed E-state index contributed by atoms with van der Waals surface area (Å²) < 4.78 is 86.6. The molecule has 3 aliphatic heterocycles. The van der Waals surface area contributed by atoms with Crippen LogP contribution in [0, 0.1) is 0 Å². The maximum absolute atomic E-state index is 13.4. The summed E-state index contributed by atoms with van der Waals surface area (Å²) >= 11 is 0. The van der Waals surface area contributed by atoms with E-state index in [0.29, 0.717) is 0 Å². The molecular weight excluding hydrogens is 370 g/mol. The van der Waals surface area contributed by atoms with Crippen LogP contribution in [0.3, 0.4) is 0 Å². The van der Waals surface area contributed by atoms with Gasteiger partial charge in [-0.25, -0.2) is 0 Å². The molecule has 0 bridgehead atoms. The fraction of sp³-hybridized carbons (Fsp3) is 0.273. The van der Waals surface area contributed by atoms with Crippen LogP contribution < -0.4 is 9.47 Å². The standard InChI is InChI=1S/C22H19N3O4/c1-24-10-19(26)25-16(22(24)27)9-14-13-4-2-3-5-15(13)23-20(14)21(25)12-6-7-17-18(8-12)29-11-28-17/h2-8,16,21,23H,9-11H2,1H3/t16-,21-/m1/s1/i2D,3D,4D,5D,9D2,11D2,21D. The number of benzene rings is 2. The number of H-pyrrole nitrogens is 1. The number of nitrogens with one attached hydrogen (secondary N) is 1. The van der Waals surface area contributed by atoms with Crippen molar-refractivity contribution in [2.24, 2.45) is 0 Å². The fourth-order valence-electron chi connectivity index (χ4n) is 3.90. The predicted octanol–water partition coefficient (Wildman–Crippen LogP) is 2.21. The second-order valence-electron chi connectivity index (χ2n) is 6.93. The Morgan fingerprint density at radius 2 is 2.07 bits per heavy atom. The van der Waals surface area contributed by atoms with E-state index in [9.17, 15) is 11.0 Å². The lowest BCUT2D eigenvalue weighted by molar-refractivity contribution is -0.157. The van der Waals surface area contributed by atoms with Crippen LogP contribution in [-0.2, 0) is 16.0 Å². The minimum absolute atomic E-state index is 0.00758. The minimum Gasteiger partial charge on any atom is -0.454 e. The average molecular weight is 398 g/mol. The molecule has 1 saturated heterocycles. The summed E-state index contributed by atoms with van der Waals surface area (Å²) in [6.07, 6.45) is -2.66. The van der Waals surface area contributed by atoms with Gasteiger partial charge in [-0.05, 0) is 29.3 Å². The molecule has 2 aromatic carbocycles. The van der Waals surface area contributed by atoms with Gasteiger partial charge in [-0.2, -0.15) is 0 Å². The first kappa shape index (κ1) is 9.82. The number of hydrogen-bond acceptors (Lipinski definition) is 4. The summed E-state index contributed by atoms with van der Waals surface area (Å²) in [4.78, 5) is 31.5. The van der Waals surface area contributed by atoms with Gasteiger partial charge in [-0.3, -0.25) is 9.59 Å². The van der Waals surface area contributed by atoms with E-state index < -0.39 is 67.7 Å². The van der Waals surface area contributed by atoms with Crippen LogP contribution in [-0.4, -0.2) is 53.0 Å². The molecule has 146 valence electrons. The highest BCUT2D eigenvalue weighted by Crippen LogP contribution is 2.44. The number of hydrogen-bond donors (Lipinski definition) is 1. The third-order valence-electron chi connectivity index (χ3n) is 5.23. The second kappa shape index (κ2) is 5.76. The zero-order valence-electron chi connectivity index (χ0n) is 24.0. The van der Waals surface area contributed by atoms with Crippen LogP contribution in [0.1, 0.15) is 35.2 Å². The molecule has 2 atom stereocenters. The molecule has 2 amide bonds. The molecule has 1 fully saturated rings. The number of carbonyl (C=O) groups excluding carboxylic acids is 2. The summed E-state index contributed by atoms with van der Waals surface area (Å²) in [5, 5.41) is -0.224. The van der Waals surface area contributed by atoms with Gasteiger partial charge < -0.3 is 24.3 Å². The lowest BCUT2D eigenvalue weighted by Crippen LogP contribution is -2.62. The van der Waals surface area contributed by atoms with E-state index in [1.807, 2.05) is 0 Å². The van der Waals surface area contributed by atoms with Crippen molar-refractivity contribution in [2.45, 2.75) is 18.4 Å². The van der Waals surface area contributed by atoms with Gasteiger partial charge in [0.2, 0.25) is 18.6 Å². The number of piperazine rings is 1. The molecule has 7 nitrogen and oxygen atoms in total.